The highest BCUT2D eigenvalue weighted by Gasteiger charge is 2.26. The van der Waals surface area contributed by atoms with Crippen LogP contribution in [0.3, 0.4) is 0 Å². The summed E-state index contributed by atoms with van der Waals surface area (Å²) in [5.41, 5.74) is 1.74. The minimum atomic E-state index is -3.35. The third-order valence-corrected chi connectivity index (χ3v) is 5.48. The van der Waals surface area contributed by atoms with E-state index >= 15 is 0 Å². The van der Waals surface area contributed by atoms with Crippen molar-refractivity contribution in [2.75, 3.05) is 5.32 Å². The Morgan fingerprint density at radius 1 is 1.16 bits per heavy atom. The number of nitrogens with zero attached hydrogens (tertiary/aromatic N) is 2. The Labute approximate surface area is 149 Å². The van der Waals surface area contributed by atoms with Crippen molar-refractivity contribution in [3.05, 3.63) is 53.5 Å². The first kappa shape index (κ1) is 17.8. The van der Waals surface area contributed by atoms with Crippen LogP contribution >= 0.6 is 0 Å². The summed E-state index contributed by atoms with van der Waals surface area (Å²) in [4.78, 5) is 8.85. The highest BCUT2D eigenvalue weighted by atomic mass is 32.2. The fourth-order valence-corrected chi connectivity index (χ4v) is 4.17. The molecule has 0 aliphatic heterocycles. The minimum Gasteiger partial charge on any atom is -0.366 e. The zero-order chi connectivity index (χ0) is 17.9. The van der Waals surface area contributed by atoms with Gasteiger partial charge in [-0.15, -0.1) is 0 Å². The molecule has 0 spiro atoms. The number of sulfonamides is 1. The lowest BCUT2D eigenvalue weighted by Crippen LogP contribution is -2.31. The number of aromatic nitrogens is 2. The summed E-state index contributed by atoms with van der Waals surface area (Å²) in [5.74, 6) is 2.14. The van der Waals surface area contributed by atoms with Crippen LogP contribution in [0, 0.1) is 0 Å². The van der Waals surface area contributed by atoms with Crippen LogP contribution in [0.2, 0.25) is 0 Å². The second-order valence-corrected chi connectivity index (χ2v) is 8.48. The molecule has 1 aliphatic carbocycles. The van der Waals surface area contributed by atoms with Crippen molar-refractivity contribution >= 4 is 15.8 Å². The van der Waals surface area contributed by atoms with Gasteiger partial charge in [-0.25, -0.2) is 23.1 Å². The van der Waals surface area contributed by atoms with Gasteiger partial charge in [0.1, 0.15) is 11.6 Å². The van der Waals surface area contributed by atoms with Gasteiger partial charge in [0, 0.05) is 24.7 Å². The second-order valence-electron chi connectivity index (χ2n) is 6.73. The first-order valence-electron chi connectivity index (χ1n) is 8.56. The van der Waals surface area contributed by atoms with Crippen LogP contribution in [0.25, 0.3) is 0 Å². The molecule has 1 fully saturated rings. The number of benzene rings is 1. The Kier molecular flexibility index (Phi) is 5.34. The van der Waals surface area contributed by atoms with Crippen molar-refractivity contribution in [3.63, 3.8) is 0 Å². The summed E-state index contributed by atoms with van der Waals surface area (Å²) in [6.07, 6.45) is 4.09. The van der Waals surface area contributed by atoms with Gasteiger partial charge in [-0.2, -0.15) is 0 Å². The Morgan fingerprint density at radius 2 is 1.88 bits per heavy atom. The van der Waals surface area contributed by atoms with Gasteiger partial charge < -0.3 is 5.32 Å². The molecular weight excluding hydrogens is 336 g/mol. The highest BCUT2D eigenvalue weighted by molar-refractivity contribution is 7.88. The zero-order valence-corrected chi connectivity index (χ0v) is 15.4. The van der Waals surface area contributed by atoms with Gasteiger partial charge >= 0.3 is 0 Å². The van der Waals surface area contributed by atoms with Crippen molar-refractivity contribution in [3.8, 4) is 0 Å². The lowest BCUT2D eigenvalue weighted by molar-refractivity contribution is 0.569. The molecule has 7 heteroatoms. The minimum absolute atomic E-state index is 0.0276. The number of hydrogen-bond donors (Lipinski definition) is 2. The van der Waals surface area contributed by atoms with E-state index in [4.69, 9.17) is 0 Å². The summed E-state index contributed by atoms with van der Waals surface area (Å²) in [6.45, 7) is 4.16. The van der Waals surface area contributed by atoms with Crippen LogP contribution in [0.4, 0.5) is 5.82 Å². The quantitative estimate of drug-likeness (QED) is 0.756. The summed E-state index contributed by atoms with van der Waals surface area (Å²) >= 11 is 0. The molecular formula is C18H24N4O2S. The maximum atomic E-state index is 12.2. The molecule has 0 unspecified atom stereocenters. The molecule has 1 heterocycles. The molecule has 1 aromatic carbocycles. The van der Waals surface area contributed by atoms with Gasteiger partial charge in [-0.3, -0.25) is 0 Å². The van der Waals surface area contributed by atoms with Crippen molar-refractivity contribution < 1.29 is 8.42 Å². The average Bonchev–Trinajstić information content (AvgIpc) is 3.37. The molecule has 3 rings (SSSR count). The van der Waals surface area contributed by atoms with Crippen LogP contribution < -0.4 is 10.0 Å². The fraction of sp³-hybridized carbons (Fsp3) is 0.444. The monoisotopic (exact) mass is 360 g/mol. The molecule has 2 N–H and O–H groups in total. The van der Waals surface area contributed by atoms with Crippen LogP contribution in [0.5, 0.6) is 0 Å². The SMILES string of the molecule is CC(C)NS(=O)(=O)Cc1ccccc1CNc1ccnc(C2CC2)n1. The lowest BCUT2D eigenvalue weighted by atomic mass is 10.1. The topological polar surface area (TPSA) is 84.0 Å². The summed E-state index contributed by atoms with van der Waals surface area (Å²) < 4.78 is 27.0. The van der Waals surface area contributed by atoms with E-state index in [1.54, 1.807) is 6.20 Å². The predicted octanol–water partition coefficient (Wildman–Crippen LogP) is 2.79. The maximum absolute atomic E-state index is 12.2. The molecule has 1 aromatic heterocycles. The number of rotatable bonds is 8. The van der Waals surface area contributed by atoms with E-state index < -0.39 is 10.0 Å². The fourth-order valence-electron chi connectivity index (χ4n) is 2.67. The number of nitrogens with one attached hydrogen (secondary N) is 2. The molecule has 6 nitrogen and oxygen atoms in total. The van der Waals surface area contributed by atoms with E-state index in [0.29, 0.717) is 12.5 Å². The molecule has 2 aromatic rings. The van der Waals surface area contributed by atoms with Gasteiger partial charge in [0.15, 0.2) is 0 Å². The van der Waals surface area contributed by atoms with Gasteiger partial charge in [0.25, 0.3) is 0 Å². The second kappa shape index (κ2) is 7.49. The molecule has 1 saturated carbocycles. The van der Waals surface area contributed by atoms with Crippen LogP contribution in [-0.4, -0.2) is 24.4 Å². The molecule has 25 heavy (non-hydrogen) atoms. The Morgan fingerprint density at radius 3 is 2.56 bits per heavy atom. The number of hydrogen-bond acceptors (Lipinski definition) is 5. The highest BCUT2D eigenvalue weighted by Crippen LogP contribution is 2.38. The van der Waals surface area contributed by atoms with E-state index in [1.165, 1.54) is 0 Å². The molecule has 0 bridgehead atoms. The van der Waals surface area contributed by atoms with Crippen molar-refractivity contribution in [2.24, 2.45) is 0 Å². The van der Waals surface area contributed by atoms with Crippen molar-refractivity contribution in [1.82, 2.24) is 14.7 Å². The summed E-state index contributed by atoms with van der Waals surface area (Å²) in [7, 11) is -3.35. The molecule has 1 aliphatic rings. The van der Waals surface area contributed by atoms with E-state index in [0.717, 1.165) is 35.6 Å². The Balaban J connectivity index is 1.69. The molecule has 0 saturated heterocycles. The molecule has 0 radical (unpaired) electrons. The first-order chi connectivity index (χ1) is 11.9. The Bertz CT molecular complexity index is 832. The van der Waals surface area contributed by atoms with E-state index in [9.17, 15) is 8.42 Å². The van der Waals surface area contributed by atoms with Gasteiger partial charge in [0.05, 0.1) is 5.75 Å². The van der Waals surface area contributed by atoms with Crippen LogP contribution in [-0.2, 0) is 22.3 Å². The first-order valence-corrected chi connectivity index (χ1v) is 10.2. The lowest BCUT2D eigenvalue weighted by Gasteiger charge is -2.13. The van der Waals surface area contributed by atoms with Crippen LogP contribution in [0.15, 0.2) is 36.5 Å². The summed E-state index contributed by atoms with van der Waals surface area (Å²) in [6, 6.07) is 9.30. The Hall–Kier alpha value is -1.99. The maximum Gasteiger partial charge on any atom is 0.216 e. The van der Waals surface area contributed by atoms with Crippen LogP contribution in [0.1, 0.15) is 49.6 Å². The zero-order valence-electron chi connectivity index (χ0n) is 14.6. The molecule has 134 valence electrons. The van der Waals surface area contributed by atoms with E-state index in [2.05, 4.69) is 20.0 Å². The standard InChI is InChI=1S/C18H24N4O2S/c1-13(2)22-25(23,24)12-16-6-4-3-5-15(16)11-20-17-9-10-19-18(21-17)14-7-8-14/h3-6,9-10,13-14,22H,7-8,11-12H2,1-2H3,(H,19,20,21). The smallest absolute Gasteiger partial charge is 0.216 e. The third kappa shape index (κ3) is 5.24. The predicted molar refractivity (Wildman–Crippen MR) is 98.7 cm³/mol. The summed E-state index contributed by atoms with van der Waals surface area (Å²) in [5, 5.41) is 3.28. The van der Waals surface area contributed by atoms with Crippen molar-refractivity contribution in [2.45, 2.75) is 50.9 Å². The van der Waals surface area contributed by atoms with E-state index in [-0.39, 0.29) is 11.8 Å². The third-order valence-electron chi connectivity index (χ3n) is 3.96. The normalized spacial score (nSPS) is 14.7. The van der Waals surface area contributed by atoms with Crippen molar-refractivity contribution in [1.29, 1.82) is 0 Å². The van der Waals surface area contributed by atoms with Gasteiger partial charge in [0.2, 0.25) is 10.0 Å². The van der Waals surface area contributed by atoms with E-state index in [1.807, 2.05) is 44.2 Å². The van der Waals surface area contributed by atoms with Gasteiger partial charge in [-0.1, -0.05) is 24.3 Å². The molecule has 0 atom stereocenters. The molecule has 0 amide bonds. The largest absolute Gasteiger partial charge is 0.366 e. The van der Waals surface area contributed by atoms with Gasteiger partial charge in [-0.05, 0) is 43.9 Å². The number of anilines is 1. The average molecular weight is 360 g/mol.